The number of halogens is 3. The van der Waals surface area contributed by atoms with Gasteiger partial charge in [0.25, 0.3) is 0 Å². The Morgan fingerprint density at radius 1 is 1.23 bits per heavy atom. The number of rotatable bonds is 5. The van der Waals surface area contributed by atoms with Crippen LogP contribution in [0, 0.1) is 0 Å². The van der Waals surface area contributed by atoms with Crippen molar-refractivity contribution in [3.8, 4) is 0 Å². The SMILES string of the molecule is O=C(O)CCCNC(=O)N1CCC(O)(c2cccc(C(F)(F)F)c2)CC1. The molecule has 3 N–H and O–H groups in total. The molecule has 1 saturated heterocycles. The van der Waals surface area contributed by atoms with Crippen LogP contribution in [0.5, 0.6) is 0 Å². The minimum absolute atomic E-state index is 0.0461. The van der Waals surface area contributed by atoms with Crippen LogP contribution < -0.4 is 5.32 Å². The zero-order valence-corrected chi connectivity index (χ0v) is 14.1. The molecular weight excluding hydrogens is 353 g/mol. The summed E-state index contributed by atoms with van der Waals surface area (Å²) >= 11 is 0. The van der Waals surface area contributed by atoms with E-state index in [1.165, 1.54) is 17.0 Å². The monoisotopic (exact) mass is 374 g/mol. The van der Waals surface area contributed by atoms with E-state index in [0.29, 0.717) is 6.42 Å². The fraction of sp³-hybridized carbons (Fsp3) is 0.529. The van der Waals surface area contributed by atoms with Crippen LogP contribution in [-0.2, 0) is 16.6 Å². The normalized spacial score (nSPS) is 17.0. The highest BCUT2D eigenvalue weighted by atomic mass is 19.4. The smallest absolute Gasteiger partial charge is 0.416 e. The summed E-state index contributed by atoms with van der Waals surface area (Å²) in [5, 5.41) is 21.9. The number of amides is 2. The van der Waals surface area contributed by atoms with E-state index >= 15 is 0 Å². The number of hydrogen-bond donors (Lipinski definition) is 3. The molecule has 6 nitrogen and oxygen atoms in total. The molecule has 2 rings (SSSR count). The maximum absolute atomic E-state index is 12.8. The van der Waals surface area contributed by atoms with Gasteiger partial charge in [-0.3, -0.25) is 4.79 Å². The Hall–Kier alpha value is -2.29. The number of piperidine rings is 1. The summed E-state index contributed by atoms with van der Waals surface area (Å²) < 4.78 is 38.5. The quantitative estimate of drug-likeness (QED) is 0.691. The molecule has 1 fully saturated rings. The first-order valence-corrected chi connectivity index (χ1v) is 8.26. The third-order valence-electron chi connectivity index (χ3n) is 4.45. The van der Waals surface area contributed by atoms with Crippen molar-refractivity contribution in [3.63, 3.8) is 0 Å². The van der Waals surface area contributed by atoms with Crippen LogP contribution in [0.25, 0.3) is 0 Å². The van der Waals surface area contributed by atoms with Crippen LogP contribution in [0.15, 0.2) is 24.3 Å². The van der Waals surface area contributed by atoms with Crippen LogP contribution in [0.2, 0.25) is 0 Å². The predicted octanol–water partition coefficient (Wildman–Crippen LogP) is 2.56. The molecule has 0 bridgehead atoms. The van der Waals surface area contributed by atoms with Gasteiger partial charge in [0, 0.05) is 26.1 Å². The lowest BCUT2D eigenvalue weighted by Gasteiger charge is -2.38. The van der Waals surface area contributed by atoms with Gasteiger partial charge >= 0.3 is 18.2 Å². The van der Waals surface area contributed by atoms with Crippen LogP contribution >= 0.6 is 0 Å². The Morgan fingerprint density at radius 3 is 2.46 bits per heavy atom. The maximum Gasteiger partial charge on any atom is 0.416 e. The van der Waals surface area contributed by atoms with Gasteiger partial charge in [0.1, 0.15) is 0 Å². The first-order valence-electron chi connectivity index (χ1n) is 8.26. The second kappa shape index (κ2) is 7.94. The molecule has 1 aromatic rings. The third-order valence-corrected chi connectivity index (χ3v) is 4.45. The van der Waals surface area contributed by atoms with Crippen molar-refractivity contribution < 1.29 is 33.0 Å². The van der Waals surface area contributed by atoms with Crippen molar-refractivity contribution in [2.24, 2.45) is 0 Å². The summed E-state index contributed by atoms with van der Waals surface area (Å²) in [5.74, 6) is -0.941. The van der Waals surface area contributed by atoms with Gasteiger partial charge in [0.2, 0.25) is 0 Å². The Kier molecular flexibility index (Phi) is 6.12. The van der Waals surface area contributed by atoms with Crippen LogP contribution in [0.1, 0.15) is 36.8 Å². The number of aliphatic carboxylic acids is 1. The second-order valence-corrected chi connectivity index (χ2v) is 6.33. The van der Waals surface area contributed by atoms with Gasteiger partial charge in [-0.2, -0.15) is 13.2 Å². The van der Waals surface area contributed by atoms with Crippen molar-refractivity contribution in [2.75, 3.05) is 19.6 Å². The van der Waals surface area contributed by atoms with Gasteiger partial charge in [0.05, 0.1) is 11.2 Å². The van der Waals surface area contributed by atoms with Gasteiger partial charge in [0.15, 0.2) is 0 Å². The molecule has 0 atom stereocenters. The molecule has 0 aliphatic carbocycles. The Morgan fingerprint density at radius 2 is 1.88 bits per heavy atom. The van der Waals surface area contributed by atoms with Crippen molar-refractivity contribution in [1.29, 1.82) is 0 Å². The number of carboxylic acid groups (broad SMARTS) is 1. The summed E-state index contributed by atoms with van der Waals surface area (Å²) in [6, 6.07) is 4.24. The number of benzene rings is 1. The van der Waals surface area contributed by atoms with Gasteiger partial charge in [-0.15, -0.1) is 0 Å². The van der Waals surface area contributed by atoms with Crippen LogP contribution in [0.3, 0.4) is 0 Å². The second-order valence-electron chi connectivity index (χ2n) is 6.33. The highest BCUT2D eigenvalue weighted by Crippen LogP contribution is 2.36. The molecule has 0 unspecified atom stereocenters. The Bertz CT molecular complexity index is 656. The molecule has 1 aliphatic heterocycles. The summed E-state index contributed by atoms with van der Waals surface area (Å²) in [7, 11) is 0. The minimum Gasteiger partial charge on any atom is -0.481 e. The first-order chi connectivity index (χ1) is 12.1. The zero-order chi connectivity index (χ0) is 19.4. The zero-order valence-electron chi connectivity index (χ0n) is 14.1. The van der Waals surface area contributed by atoms with Crippen molar-refractivity contribution in [3.05, 3.63) is 35.4 Å². The summed E-state index contributed by atoms with van der Waals surface area (Å²) in [6.07, 6.45) is -3.98. The highest BCUT2D eigenvalue weighted by Gasteiger charge is 2.37. The molecular formula is C17H21F3N2O4. The molecule has 1 aromatic carbocycles. The fourth-order valence-electron chi connectivity index (χ4n) is 2.90. The van der Waals surface area contributed by atoms with Gasteiger partial charge < -0.3 is 20.4 Å². The minimum atomic E-state index is -4.48. The number of carbonyl (C=O) groups is 2. The Labute approximate surface area is 148 Å². The standard InChI is InChI=1S/C17H21F3N2O4/c18-17(19,20)13-4-1-3-12(11-13)16(26)6-9-22(10-7-16)15(25)21-8-2-5-14(23)24/h1,3-4,11,26H,2,5-10H2,(H,21,25)(H,23,24). The molecule has 2 amide bonds. The van der Waals surface area contributed by atoms with Crippen molar-refractivity contribution in [2.45, 2.75) is 37.5 Å². The molecule has 1 aliphatic rings. The molecule has 0 saturated carbocycles. The number of hydrogen-bond acceptors (Lipinski definition) is 3. The molecule has 144 valence electrons. The van der Waals surface area contributed by atoms with Crippen LogP contribution in [0.4, 0.5) is 18.0 Å². The van der Waals surface area contributed by atoms with Gasteiger partial charge in [-0.05, 0) is 37.0 Å². The van der Waals surface area contributed by atoms with Crippen molar-refractivity contribution in [1.82, 2.24) is 10.2 Å². The molecule has 0 radical (unpaired) electrons. The van der Waals surface area contributed by atoms with E-state index in [1.54, 1.807) is 0 Å². The first kappa shape index (κ1) is 20.0. The highest BCUT2D eigenvalue weighted by molar-refractivity contribution is 5.74. The topological polar surface area (TPSA) is 89.9 Å². The maximum atomic E-state index is 12.8. The van der Waals surface area contributed by atoms with E-state index in [9.17, 15) is 27.9 Å². The van der Waals surface area contributed by atoms with Crippen LogP contribution in [-0.4, -0.2) is 46.7 Å². The molecule has 26 heavy (non-hydrogen) atoms. The number of carbonyl (C=O) groups excluding carboxylic acids is 1. The number of alkyl halides is 3. The molecule has 0 aromatic heterocycles. The summed E-state index contributed by atoms with van der Waals surface area (Å²) in [4.78, 5) is 23.9. The Balaban J connectivity index is 1.92. The largest absolute Gasteiger partial charge is 0.481 e. The summed E-state index contributed by atoms with van der Waals surface area (Å²) in [6.45, 7) is 0.606. The lowest BCUT2D eigenvalue weighted by molar-refractivity contribution is -0.138. The van der Waals surface area contributed by atoms with E-state index in [4.69, 9.17) is 5.11 Å². The summed E-state index contributed by atoms with van der Waals surface area (Å²) in [5.41, 5.74) is -2.04. The lowest BCUT2D eigenvalue weighted by atomic mass is 9.84. The third kappa shape index (κ3) is 5.10. The average molecular weight is 374 g/mol. The number of nitrogens with zero attached hydrogens (tertiary/aromatic N) is 1. The van der Waals surface area contributed by atoms with Gasteiger partial charge in [-0.1, -0.05) is 12.1 Å². The number of carboxylic acids is 1. The fourth-order valence-corrected chi connectivity index (χ4v) is 2.90. The van der Waals surface area contributed by atoms with E-state index in [1.807, 2.05) is 0 Å². The van der Waals surface area contributed by atoms with Crippen molar-refractivity contribution >= 4 is 12.0 Å². The number of urea groups is 1. The number of likely N-dealkylation sites (tertiary alicyclic amines) is 1. The van der Waals surface area contributed by atoms with E-state index in [2.05, 4.69) is 5.32 Å². The van der Waals surface area contributed by atoms with E-state index < -0.39 is 23.3 Å². The average Bonchev–Trinajstić information content (AvgIpc) is 2.58. The molecule has 0 spiro atoms. The van der Waals surface area contributed by atoms with E-state index in [-0.39, 0.29) is 50.5 Å². The number of nitrogens with one attached hydrogen (secondary N) is 1. The van der Waals surface area contributed by atoms with Gasteiger partial charge in [-0.25, -0.2) is 4.79 Å². The molecule has 9 heteroatoms. The number of aliphatic hydroxyl groups is 1. The molecule has 1 heterocycles. The lowest BCUT2D eigenvalue weighted by Crippen LogP contribution is -2.49. The predicted molar refractivity (Wildman–Crippen MR) is 86.4 cm³/mol. The van der Waals surface area contributed by atoms with E-state index in [0.717, 1.165) is 12.1 Å².